The molecule has 1 aromatic heterocycles. The SMILES string of the molecule is CC(Nc1ccnc(NN)c1)C(=O)NC1CC1. The zero-order chi connectivity index (χ0) is 12.3. The summed E-state index contributed by atoms with van der Waals surface area (Å²) in [4.78, 5) is 15.7. The minimum atomic E-state index is -0.274. The van der Waals surface area contributed by atoms with Crippen LogP contribution < -0.4 is 21.9 Å². The van der Waals surface area contributed by atoms with E-state index in [2.05, 4.69) is 21.0 Å². The Balaban J connectivity index is 1.91. The van der Waals surface area contributed by atoms with Crippen molar-refractivity contribution in [2.45, 2.75) is 31.8 Å². The number of carbonyl (C=O) groups is 1. The topological polar surface area (TPSA) is 92.1 Å². The van der Waals surface area contributed by atoms with Gasteiger partial charge in [-0.25, -0.2) is 10.8 Å². The smallest absolute Gasteiger partial charge is 0.242 e. The summed E-state index contributed by atoms with van der Waals surface area (Å²) in [5.41, 5.74) is 3.27. The maximum Gasteiger partial charge on any atom is 0.242 e. The Labute approximate surface area is 100.0 Å². The molecular weight excluding hydrogens is 218 g/mol. The van der Waals surface area contributed by atoms with Crippen molar-refractivity contribution in [3.63, 3.8) is 0 Å². The average molecular weight is 235 g/mol. The fourth-order valence-corrected chi connectivity index (χ4v) is 1.47. The highest BCUT2D eigenvalue weighted by molar-refractivity contribution is 5.84. The molecule has 1 aliphatic rings. The van der Waals surface area contributed by atoms with Crippen molar-refractivity contribution in [2.24, 2.45) is 5.84 Å². The Morgan fingerprint density at radius 2 is 2.35 bits per heavy atom. The van der Waals surface area contributed by atoms with Gasteiger partial charge in [0, 0.05) is 24.0 Å². The second-order valence-corrected chi connectivity index (χ2v) is 4.22. The molecule has 6 nitrogen and oxygen atoms in total. The molecule has 92 valence electrons. The zero-order valence-corrected chi connectivity index (χ0v) is 9.73. The first-order valence-corrected chi connectivity index (χ1v) is 5.68. The second kappa shape index (κ2) is 5.01. The van der Waals surface area contributed by atoms with E-state index in [9.17, 15) is 4.79 Å². The van der Waals surface area contributed by atoms with Crippen molar-refractivity contribution in [1.29, 1.82) is 0 Å². The number of amides is 1. The van der Waals surface area contributed by atoms with Crippen LogP contribution in [0.2, 0.25) is 0 Å². The lowest BCUT2D eigenvalue weighted by molar-refractivity contribution is -0.121. The quantitative estimate of drug-likeness (QED) is 0.439. The third-order valence-electron chi connectivity index (χ3n) is 2.61. The van der Waals surface area contributed by atoms with Crippen molar-refractivity contribution in [1.82, 2.24) is 10.3 Å². The number of aromatic nitrogens is 1. The third kappa shape index (κ3) is 3.32. The van der Waals surface area contributed by atoms with E-state index in [1.165, 1.54) is 0 Å². The highest BCUT2D eigenvalue weighted by atomic mass is 16.2. The van der Waals surface area contributed by atoms with E-state index in [1.807, 2.05) is 6.92 Å². The lowest BCUT2D eigenvalue weighted by atomic mass is 10.2. The molecule has 1 aromatic rings. The summed E-state index contributed by atoms with van der Waals surface area (Å²) in [6, 6.07) is 3.65. The van der Waals surface area contributed by atoms with Gasteiger partial charge in [-0.05, 0) is 25.8 Å². The Hall–Kier alpha value is -1.82. The standard InChI is InChI=1S/C11H17N5O/c1-7(11(17)15-8-2-3-8)14-9-4-5-13-10(6-9)16-12/h4-8H,2-3,12H2,1H3,(H,15,17)(H2,13,14,16). The lowest BCUT2D eigenvalue weighted by Crippen LogP contribution is -2.38. The van der Waals surface area contributed by atoms with E-state index in [-0.39, 0.29) is 11.9 Å². The van der Waals surface area contributed by atoms with Gasteiger partial charge in [-0.15, -0.1) is 0 Å². The van der Waals surface area contributed by atoms with Gasteiger partial charge in [-0.2, -0.15) is 0 Å². The van der Waals surface area contributed by atoms with Crippen LogP contribution in [0, 0.1) is 0 Å². The number of nitrogen functional groups attached to an aromatic ring is 1. The fourth-order valence-electron chi connectivity index (χ4n) is 1.47. The Kier molecular flexibility index (Phi) is 3.43. The summed E-state index contributed by atoms with van der Waals surface area (Å²) in [6.45, 7) is 1.83. The summed E-state index contributed by atoms with van der Waals surface area (Å²) in [5.74, 6) is 5.84. The maximum absolute atomic E-state index is 11.7. The summed E-state index contributed by atoms with van der Waals surface area (Å²) in [6.07, 6.45) is 3.81. The molecule has 17 heavy (non-hydrogen) atoms. The molecule has 0 aromatic carbocycles. The molecule has 1 amide bonds. The number of hydrogen-bond acceptors (Lipinski definition) is 5. The Morgan fingerprint density at radius 3 is 3.00 bits per heavy atom. The van der Waals surface area contributed by atoms with E-state index >= 15 is 0 Å². The van der Waals surface area contributed by atoms with Gasteiger partial charge >= 0.3 is 0 Å². The molecule has 1 atom stereocenters. The van der Waals surface area contributed by atoms with E-state index in [4.69, 9.17) is 5.84 Å². The van der Waals surface area contributed by atoms with Crippen molar-refractivity contribution in [2.75, 3.05) is 10.7 Å². The van der Waals surface area contributed by atoms with Crippen LogP contribution >= 0.6 is 0 Å². The van der Waals surface area contributed by atoms with Crippen molar-refractivity contribution in [3.8, 4) is 0 Å². The predicted molar refractivity (Wildman–Crippen MR) is 66.3 cm³/mol. The van der Waals surface area contributed by atoms with Crippen LogP contribution in [-0.4, -0.2) is 23.0 Å². The molecule has 0 aliphatic heterocycles. The lowest BCUT2D eigenvalue weighted by Gasteiger charge is -2.15. The number of nitrogens with zero attached hydrogens (tertiary/aromatic N) is 1. The molecule has 0 spiro atoms. The number of nitrogens with one attached hydrogen (secondary N) is 3. The molecule has 1 saturated carbocycles. The van der Waals surface area contributed by atoms with Gasteiger partial charge in [0.1, 0.15) is 11.9 Å². The number of hydrazine groups is 1. The Bertz CT molecular complexity index is 405. The van der Waals surface area contributed by atoms with E-state index in [0.29, 0.717) is 11.9 Å². The van der Waals surface area contributed by atoms with Crippen molar-refractivity contribution < 1.29 is 4.79 Å². The van der Waals surface area contributed by atoms with E-state index in [1.54, 1.807) is 18.3 Å². The monoisotopic (exact) mass is 235 g/mol. The number of nitrogens with two attached hydrogens (primary N) is 1. The average Bonchev–Trinajstić information content (AvgIpc) is 3.13. The highest BCUT2D eigenvalue weighted by Gasteiger charge is 2.25. The van der Waals surface area contributed by atoms with Crippen LogP contribution in [-0.2, 0) is 4.79 Å². The molecule has 0 bridgehead atoms. The first kappa shape index (κ1) is 11.7. The van der Waals surface area contributed by atoms with Gasteiger partial charge in [0.15, 0.2) is 0 Å². The summed E-state index contributed by atoms with van der Waals surface area (Å²) in [7, 11) is 0. The van der Waals surface area contributed by atoms with Crippen LogP contribution in [0.5, 0.6) is 0 Å². The van der Waals surface area contributed by atoms with Crippen molar-refractivity contribution >= 4 is 17.4 Å². The number of rotatable bonds is 5. The number of anilines is 2. The van der Waals surface area contributed by atoms with Gasteiger partial charge in [0.25, 0.3) is 0 Å². The van der Waals surface area contributed by atoms with Crippen LogP contribution in [0.4, 0.5) is 11.5 Å². The van der Waals surface area contributed by atoms with Crippen LogP contribution in [0.25, 0.3) is 0 Å². The molecule has 1 unspecified atom stereocenters. The van der Waals surface area contributed by atoms with Crippen molar-refractivity contribution in [3.05, 3.63) is 18.3 Å². The summed E-state index contributed by atoms with van der Waals surface area (Å²) in [5, 5.41) is 6.05. The number of pyridine rings is 1. The molecule has 1 fully saturated rings. The van der Waals surface area contributed by atoms with E-state index < -0.39 is 0 Å². The molecule has 0 saturated heterocycles. The van der Waals surface area contributed by atoms with Gasteiger partial charge in [-0.3, -0.25) is 4.79 Å². The number of carbonyl (C=O) groups excluding carboxylic acids is 1. The van der Waals surface area contributed by atoms with Gasteiger partial charge in [0.2, 0.25) is 5.91 Å². The molecule has 2 rings (SSSR count). The third-order valence-corrected chi connectivity index (χ3v) is 2.61. The largest absolute Gasteiger partial charge is 0.374 e. The molecule has 1 aliphatic carbocycles. The highest BCUT2D eigenvalue weighted by Crippen LogP contribution is 2.19. The first-order chi connectivity index (χ1) is 8.19. The first-order valence-electron chi connectivity index (χ1n) is 5.68. The Morgan fingerprint density at radius 1 is 1.59 bits per heavy atom. The minimum absolute atomic E-state index is 0.0200. The molecule has 0 radical (unpaired) electrons. The minimum Gasteiger partial charge on any atom is -0.374 e. The van der Waals surface area contributed by atoms with E-state index in [0.717, 1.165) is 18.5 Å². The van der Waals surface area contributed by atoms with Gasteiger partial charge < -0.3 is 16.1 Å². The second-order valence-electron chi connectivity index (χ2n) is 4.22. The predicted octanol–water partition coefficient (Wildman–Crippen LogP) is 0.446. The molecular formula is C11H17N5O. The number of hydrogen-bond donors (Lipinski definition) is 4. The summed E-state index contributed by atoms with van der Waals surface area (Å²) < 4.78 is 0. The molecule has 5 N–H and O–H groups in total. The fraction of sp³-hybridized carbons (Fsp3) is 0.455. The van der Waals surface area contributed by atoms with Crippen LogP contribution in [0.3, 0.4) is 0 Å². The zero-order valence-electron chi connectivity index (χ0n) is 9.73. The van der Waals surface area contributed by atoms with Crippen LogP contribution in [0.15, 0.2) is 18.3 Å². The maximum atomic E-state index is 11.7. The summed E-state index contributed by atoms with van der Waals surface area (Å²) >= 11 is 0. The molecule has 6 heteroatoms. The van der Waals surface area contributed by atoms with Gasteiger partial charge in [0.05, 0.1) is 0 Å². The van der Waals surface area contributed by atoms with Crippen LogP contribution in [0.1, 0.15) is 19.8 Å². The molecule has 1 heterocycles. The van der Waals surface area contributed by atoms with Gasteiger partial charge in [-0.1, -0.05) is 0 Å². The normalized spacial score (nSPS) is 16.1.